The second kappa shape index (κ2) is 9.02. The van der Waals surface area contributed by atoms with E-state index in [9.17, 15) is 4.39 Å². The normalized spacial score (nSPS) is 12.9. The zero-order valence-corrected chi connectivity index (χ0v) is 12.2. The van der Waals surface area contributed by atoms with Gasteiger partial charge in [-0.15, -0.1) is 0 Å². The largest absolute Gasteiger partial charge is 0.385 e. The van der Waals surface area contributed by atoms with E-state index in [1.54, 1.807) is 19.2 Å². The molecule has 1 aromatic carbocycles. The standard InChI is InChI=1S/C15H25FN2O/c1-13(11-17-8-5-9-19-3)18(2)12-14-6-4-7-15(16)10-14/h4,6-7,10,13,17H,5,8-9,11-12H2,1-3H3. The second-order valence-electron chi connectivity index (χ2n) is 4.94. The first kappa shape index (κ1) is 16.1. The predicted octanol–water partition coefficient (Wildman–Crippen LogP) is 2.27. The lowest BCUT2D eigenvalue weighted by molar-refractivity contribution is 0.191. The average Bonchev–Trinajstić information content (AvgIpc) is 2.38. The Morgan fingerprint density at radius 1 is 1.42 bits per heavy atom. The molecule has 19 heavy (non-hydrogen) atoms. The Morgan fingerprint density at radius 3 is 2.89 bits per heavy atom. The Balaban J connectivity index is 2.26. The van der Waals surface area contributed by atoms with Crippen LogP contribution in [0.15, 0.2) is 24.3 Å². The highest BCUT2D eigenvalue weighted by molar-refractivity contribution is 5.16. The van der Waals surface area contributed by atoms with Gasteiger partial charge in [-0.25, -0.2) is 4.39 Å². The summed E-state index contributed by atoms with van der Waals surface area (Å²) in [5.41, 5.74) is 1.01. The fourth-order valence-corrected chi connectivity index (χ4v) is 1.89. The number of nitrogens with zero attached hydrogens (tertiary/aromatic N) is 1. The monoisotopic (exact) mass is 268 g/mol. The molecule has 0 radical (unpaired) electrons. The molecule has 1 rings (SSSR count). The van der Waals surface area contributed by atoms with E-state index >= 15 is 0 Å². The first-order valence-electron chi connectivity index (χ1n) is 6.78. The van der Waals surface area contributed by atoms with Crippen molar-refractivity contribution in [1.29, 1.82) is 0 Å². The molecule has 0 aliphatic rings. The van der Waals surface area contributed by atoms with Crippen LogP contribution in [0.3, 0.4) is 0 Å². The third-order valence-corrected chi connectivity index (χ3v) is 3.22. The van der Waals surface area contributed by atoms with E-state index in [0.29, 0.717) is 6.04 Å². The summed E-state index contributed by atoms with van der Waals surface area (Å²) in [6, 6.07) is 7.19. The topological polar surface area (TPSA) is 24.5 Å². The number of halogens is 1. The first-order valence-corrected chi connectivity index (χ1v) is 6.78. The number of benzene rings is 1. The fourth-order valence-electron chi connectivity index (χ4n) is 1.89. The number of likely N-dealkylation sites (N-methyl/N-ethyl adjacent to an activating group) is 1. The second-order valence-corrected chi connectivity index (χ2v) is 4.94. The third kappa shape index (κ3) is 6.66. The van der Waals surface area contributed by atoms with Crippen LogP contribution in [0.5, 0.6) is 0 Å². The average molecular weight is 268 g/mol. The number of rotatable bonds is 9. The molecular formula is C15H25FN2O. The van der Waals surface area contributed by atoms with E-state index in [4.69, 9.17) is 4.74 Å². The van der Waals surface area contributed by atoms with Crippen molar-refractivity contribution in [3.8, 4) is 0 Å². The summed E-state index contributed by atoms with van der Waals surface area (Å²) in [4.78, 5) is 2.22. The zero-order chi connectivity index (χ0) is 14.1. The minimum absolute atomic E-state index is 0.170. The summed E-state index contributed by atoms with van der Waals surface area (Å²) in [5, 5.41) is 3.40. The van der Waals surface area contributed by atoms with Crippen molar-refractivity contribution < 1.29 is 9.13 Å². The van der Waals surface area contributed by atoms with E-state index in [0.717, 1.165) is 38.2 Å². The SMILES string of the molecule is COCCCNCC(C)N(C)Cc1cccc(F)c1. The highest BCUT2D eigenvalue weighted by atomic mass is 19.1. The van der Waals surface area contributed by atoms with Gasteiger partial charge in [-0.2, -0.15) is 0 Å². The fraction of sp³-hybridized carbons (Fsp3) is 0.600. The number of methoxy groups -OCH3 is 1. The first-order chi connectivity index (χ1) is 9.13. The number of hydrogen-bond donors (Lipinski definition) is 1. The van der Waals surface area contributed by atoms with Crippen molar-refractivity contribution in [2.75, 3.05) is 33.9 Å². The Bertz CT molecular complexity index is 360. The minimum Gasteiger partial charge on any atom is -0.385 e. The van der Waals surface area contributed by atoms with Crippen molar-refractivity contribution in [2.24, 2.45) is 0 Å². The molecular weight excluding hydrogens is 243 g/mol. The lowest BCUT2D eigenvalue weighted by atomic mass is 10.2. The smallest absolute Gasteiger partial charge is 0.123 e. The molecule has 0 spiro atoms. The van der Waals surface area contributed by atoms with Gasteiger partial charge in [-0.1, -0.05) is 12.1 Å². The molecule has 0 saturated carbocycles. The molecule has 0 bridgehead atoms. The molecule has 0 saturated heterocycles. The summed E-state index contributed by atoms with van der Waals surface area (Å²) in [5.74, 6) is -0.170. The Labute approximate surface area is 115 Å². The van der Waals surface area contributed by atoms with Crippen LogP contribution in [0.25, 0.3) is 0 Å². The number of ether oxygens (including phenoxy) is 1. The van der Waals surface area contributed by atoms with Crippen LogP contribution in [0, 0.1) is 5.82 Å². The molecule has 0 aliphatic carbocycles. The van der Waals surface area contributed by atoms with Gasteiger partial charge >= 0.3 is 0 Å². The van der Waals surface area contributed by atoms with Gasteiger partial charge in [-0.3, -0.25) is 4.90 Å². The van der Waals surface area contributed by atoms with Crippen molar-refractivity contribution in [3.05, 3.63) is 35.6 Å². The van der Waals surface area contributed by atoms with Gasteiger partial charge in [0.1, 0.15) is 5.82 Å². The molecule has 4 heteroatoms. The van der Waals surface area contributed by atoms with Crippen molar-refractivity contribution >= 4 is 0 Å². The maximum atomic E-state index is 13.1. The van der Waals surface area contributed by atoms with Crippen molar-refractivity contribution in [2.45, 2.75) is 25.9 Å². The van der Waals surface area contributed by atoms with Crippen LogP contribution in [-0.4, -0.2) is 44.8 Å². The molecule has 3 nitrogen and oxygen atoms in total. The summed E-state index contributed by atoms with van der Waals surface area (Å²) in [7, 11) is 3.78. The van der Waals surface area contributed by atoms with E-state index in [-0.39, 0.29) is 5.82 Å². The molecule has 1 aromatic rings. The van der Waals surface area contributed by atoms with Crippen LogP contribution < -0.4 is 5.32 Å². The predicted molar refractivity (Wildman–Crippen MR) is 76.7 cm³/mol. The van der Waals surface area contributed by atoms with Gasteiger partial charge in [0.05, 0.1) is 0 Å². The van der Waals surface area contributed by atoms with Gasteiger partial charge in [-0.05, 0) is 44.6 Å². The van der Waals surface area contributed by atoms with E-state index in [1.165, 1.54) is 6.07 Å². The summed E-state index contributed by atoms with van der Waals surface area (Å²) in [6.07, 6.45) is 1.02. The number of hydrogen-bond acceptors (Lipinski definition) is 3. The quantitative estimate of drug-likeness (QED) is 0.695. The lowest BCUT2D eigenvalue weighted by Gasteiger charge is -2.25. The van der Waals surface area contributed by atoms with Crippen LogP contribution in [-0.2, 0) is 11.3 Å². The molecule has 0 amide bonds. The summed E-state index contributed by atoms with van der Waals surface area (Å²) < 4.78 is 18.1. The molecule has 0 aliphatic heterocycles. The van der Waals surface area contributed by atoms with Gasteiger partial charge in [0.25, 0.3) is 0 Å². The van der Waals surface area contributed by atoms with Crippen molar-refractivity contribution in [3.63, 3.8) is 0 Å². The minimum atomic E-state index is -0.170. The van der Waals surface area contributed by atoms with Crippen molar-refractivity contribution in [1.82, 2.24) is 10.2 Å². The van der Waals surface area contributed by atoms with Gasteiger partial charge < -0.3 is 10.1 Å². The maximum absolute atomic E-state index is 13.1. The van der Waals surface area contributed by atoms with E-state index in [1.807, 2.05) is 6.07 Å². The van der Waals surface area contributed by atoms with Crippen LogP contribution in [0.2, 0.25) is 0 Å². The molecule has 1 N–H and O–H groups in total. The van der Waals surface area contributed by atoms with Crippen LogP contribution in [0.4, 0.5) is 4.39 Å². The number of nitrogens with one attached hydrogen (secondary N) is 1. The molecule has 1 atom stereocenters. The van der Waals surface area contributed by atoms with Gasteiger partial charge in [0.15, 0.2) is 0 Å². The molecule has 1 unspecified atom stereocenters. The highest BCUT2D eigenvalue weighted by Crippen LogP contribution is 2.08. The van der Waals surface area contributed by atoms with E-state index < -0.39 is 0 Å². The molecule has 0 fully saturated rings. The van der Waals surface area contributed by atoms with Gasteiger partial charge in [0.2, 0.25) is 0 Å². The maximum Gasteiger partial charge on any atom is 0.123 e. The molecule has 0 heterocycles. The Kier molecular flexibility index (Phi) is 7.63. The van der Waals surface area contributed by atoms with Crippen LogP contribution >= 0.6 is 0 Å². The highest BCUT2D eigenvalue weighted by Gasteiger charge is 2.09. The molecule has 0 aromatic heterocycles. The molecule has 108 valence electrons. The van der Waals surface area contributed by atoms with Crippen LogP contribution in [0.1, 0.15) is 18.9 Å². The summed E-state index contributed by atoms with van der Waals surface area (Å²) >= 11 is 0. The third-order valence-electron chi connectivity index (χ3n) is 3.22. The van der Waals surface area contributed by atoms with Gasteiger partial charge in [0, 0.05) is 32.8 Å². The lowest BCUT2D eigenvalue weighted by Crippen LogP contribution is -2.38. The Morgan fingerprint density at radius 2 is 2.21 bits per heavy atom. The van der Waals surface area contributed by atoms with E-state index in [2.05, 4.69) is 24.2 Å². The summed E-state index contributed by atoms with van der Waals surface area (Å²) in [6.45, 7) is 5.61. The zero-order valence-electron chi connectivity index (χ0n) is 12.2. The Hall–Kier alpha value is -0.970.